The molecule has 5 nitrogen and oxygen atoms in total. The Kier molecular flexibility index (Phi) is 8.34. The van der Waals surface area contributed by atoms with Crippen LogP contribution in [0.25, 0.3) is 0 Å². The number of rotatable bonds is 8. The van der Waals surface area contributed by atoms with E-state index < -0.39 is 0 Å². The summed E-state index contributed by atoms with van der Waals surface area (Å²) in [6, 6.07) is 10.5. The maximum atomic E-state index is 12.6. The summed E-state index contributed by atoms with van der Waals surface area (Å²) < 4.78 is 5.31. The molecule has 3 rings (SSSR count). The standard InChI is InChI=1S/C23H34N2O3/c26-22(11-5-4-9-20-7-2-1-3-8-20)25-14-6-10-21(19-25)12-13-23(27)24-15-17-28-18-16-24/h1-3,7-8,21H,4-6,9-19H2/t21-/m0/s1. The van der Waals surface area contributed by atoms with Crippen molar-refractivity contribution < 1.29 is 14.3 Å². The summed E-state index contributed by atoms with van der Waals surface area (Å²) in [5.74, 6) is 0.997. The molecule has 2 aliphatic heterocycles. The number of hydrogen-bond donors (Lipinski definition) is 0. The first-order valence-corrected chi connectivity index (χ1v) is 10.9. The van der Waals surface area contributed by atoms with E-state index in [2.05, 4.69) is 24.3 Å². The summed E-state index contributed by atoms with van der Waals surface area (Å²) in [4.78, 5) is 28.9. The fraction of sp³-hybridized carbons (Fsp3) is 0.652. The SMILES string of the molecule is O=C(CC[C@@H]1CCCN(C(=O)CCCCc2ccccc2)C1)N1CCOCC1. The van der Waals surface area contributed by atoms with E-state index in [1.165, 1.54) is 5.56 Å². The van der Waals surface area contributed by atoms with E-state index in [9.17, 15) is 9.59 Å². The van der Waals surface area contributed by atoms with Crippen molar-refractivity contribution in [3.05, 3.63) is 35.9 Å². The lowest BCUT2D eigenvalue weighted by atomic mass is 9.92. The van der Waals surface area contributed by atoms with Crippen LogP contribution < -0.4 is 0 Å². The van der Waals surface area contributed by atoms with Gasteiger partial charge in [-0.3, -0.25) is 9.59 Å². The van der Waals surface area contributed by atoms with E-state index in [4.69, 9.17) is 4.74 Å². The molecular formula is C23H34N2O3. The molecule has 0 radical (unpaired) electrons. The van der Waals surface area contributed by atoms with Crippen LogP contribution in [0.3, 0.4) is 0 Å². The van der Waals surface area contributed by atoms with Gasteiger partial charge in [0.05, 0.1) is 13.2 Å². The number of unbranched alkanes of at least 4 members (excludes halogenated alkanes) is 1. The number of likely N-dealkylation sites (tertiary alicyclic amines) is 1. The Hall–Kier alpha value is -1.88. The highest BCUT2D eigenvalue weighted by Gasteiger charge is 2.25. The molecule has 0 N–H and O–H groups in total. The molecule has 0 unspecified atom stereocenters. The van der Waals surface area contributed by atoms with Crippen LogP contribution in [0.4, 0.5) is 0 Å². The zero-order chi connectivity index (χ0) is 19.6. The molecule has 2 amide bonds. The number of piperidine rings is 1. The number of nitrogens with zero attached hydrogens (tertiary/aromatic N) is 2. The van der Waals surface area contributed by atoms with Crippen LogP contribution in [0, 0.1) is 5.92 Å². The Morgan fingerprint density at radius 2 is 1.68 bits per heavy atom. The van der Waals surface area contributed by atoms with E-state index in [1.54, 1.807) is 0 Å². The van der Waals surface area contributed by atoms with E-state index >= 15 is 0 Å². The van der Waals surface area contributed by atoms with Crippen molar-refractivity contribution in [2.24, 2.45) is 5.92 Å². The molecule has 154 valence electrons. The summed E-state index contributed by atoms with van der Waals surface area (Å²) in [6.45, 7) is 4.46. The van der Waals surface area contributed by atoms with Gasteiger partial charge < -0.3 is 14.5 Å². The quantitative estimate of drug-likeness (QED) is 0.644. The van der Waals surface area contributed by atoms with Crippen molar-refractivity contribution >= 4 is 11.8 Å². The molecule has 2 heterocycles. The van der Waals surface area contributed by atoms with Gasteiger partial charge in [0.1, 0.15) is 0 Å². The van der Waals surface area contributed by atoms with Crippen molar-refractivity contribution in [2.45, 2.75) is 51.4 Å². The van der Waals surface area contributed by atoms with Crippen LogP contribution in [0.15, 0.2) is 30.3 Å². The minimum Gasteiger partial charge on any atom is -0.378 e. The molecule has 0 saturated carbocycles. The van der Waals surface area contributed by atoms with Gasteiger partial charge in [0.2, 0.25) is 11.8 Å². The first kappa shape index (κ1) is 20.8. The average Bonchev–Trinajstić information content (AvgIpc) is 2.76. The number of amides is 2. The van der Waals surface area contributed by atoms with E-state index in [1.807, 2.05) is 15.9 Å². The smallest absolute Gasteiger partial charge is 0.222 e. The lowest BCUT2D eigenvalue weighted by Gasteiger charge is -2.33. The third kappa shape index (κ3) is 6.62. The van der Waals surface area contributed by atoms with Gasteiger partial charge in [0.15, 0.2) is 0 Å². The number of carbonyl (C=O) groups excluding carboxylic acids is 2. The second-order valence-corrected chi connectivity index (χ2v) is 8.07. The van der Waals surface area contributed by atoms with Crippen molar-refractivity contribution in [3.8, 4) is 0 Å². The number of carbonyl (C=O) groups is 2. The summed E-state index contributed by atoms with van der Waals surface area (Å²) in [5, 5.41) is 0. The van der Waals surface area contributed by atoms with Gasteiger partial charge >= 0.3 is 0 Å². The van der Waals surface area contributed by atoms with Gasteiger partial charge in [0, 0.05) is 39.0 Å². The van der Waals surface area contributed by atoms with Crippen LogP contribution in [0.2, 0.25) is 0 Å². The van der Waals surface area contributed by atoms with Gasteiger partial charge in [-0.1, -0.05) is 30.3 Å². The van der Waals surface area contributed by atoms with Crippen molar-refractivity contribution in [3.63, 3.8) is 0 Å². The predicted octanol–water partition coefficient (Wildman–Crippen LogP) is 3.28. The zero-order valence-corrected chi connectivity index (χ0v) is 17.0. The second kappa shape index (κ2) is 11.2. The molecular weight excluding hydrogens is 352 g/mol. The van der Waals surface area contributed by atoms with Crippen LogP contribution in [-0.2, 0) is 20.7 Å². The number of ether oxygens (including phenoxy) is 1. The molecule has 1 aromatic carbocycles. The second-order valence-electron chi connectivity index (χ2n) is 8.07. The minimum atomic E-state index is 0.243. The molecule has 0 spiro atoms. The zero-order valence-electron chi connectivity index (χ0n) is 17.0. The van der Waals surface area contributed by atoms with E-state index in [0.717, 1.165) is 64.7 Å². The first-order valence-electron chi connectivity index (χ1n) is 10.9. The van der Waals surface area contributed by atoms with Crippen molar-refractivity contribution in [1.29, 1.82) is 0 Å². The first-order chi connectivity index (χ1) is 13.7. The highest BCUT2D eigenvalue weighted by molar-refractivity contribution is 5.77. The Labute approximate surface area is 169 Å². The molecule has 28 heavy (non-hydrogen) atoms. The van der Waals surface area contributed by atoms with Crippen LogP contribution in [0.5, 0.6) is 0 Å². The Balaban J connectivity index is 1.33. The maximum absolute atomic E-state index is 12.6. The number of benzene rings is 1. The fourth-order valence-corrected chi connectivity index (χ4v) is 4.23. The number of hydrogen-bond acceptors (Lipinski definition) is 3. The third-order valence-corrected chi connectivity index (χ3v) is 5.95. The average molecular weight is 387 g/mol. The fourth-order valence-electron chi connectivity index (χ4n) is 4.23. The molecule has 0 bridgehead atoms. The molecule has 1 atom stereocenters. The predicted molar refractivity (Wildman–Crippen MR) is 110 cm³/mol. The van der Waals surface area contributed by atoms with Gasteiger partial charge in [0.25, 0.3) is 0 Å². The van der Waals surface area contributed by atoms with Gasteiger partial charge in [-0.25, -0.2) is 0 Å². The highest BCUT2D eigenvalue weighted by atomic mass is 16.5. The topological polar surface area (TPSA) is 49.9 Å². The van der Waals surface area contributed by atoms with E-state index in [0.29, 0.717) is 32.0 Å². The molecule has 2 aliphatic rings. The summed E-state index contributed by atoms with van der Waals surface area (Å²) in [5.41, 5.74) is 1.35. The van der Waals surface area contributed by atoms with Gasteiger partial charge in [-0.2, -0.15) is 0 Å². The minimum absolute atomic E-state index is 0.243. The van der Waals surface area contributed by atoms with E-state index in [-0.39, 0.29) is 11.8 Å². The van der Waals surface area contributed by atoms with Crippen molar-refractivity contribution in [2.75, 3.05) is 39.4 Å². The monoisotopic (exact) mass is 386 g/mol. The Morgan fingerprint density at radius 1 is 0.929 bits per heavy atom. The Morgan fingerprint density at radius 3 is 2.46 bits per heavy atom. The van der Waals surface area contributed by atoms with Gasteiger partial charge in [-0.15, -0.1) is 0 Å². The van der Waals surface area contributed by atoms with Crippen LogP contribution in [-0.4, -0.2) is 61.0 Å². The lowest BCUT2D eigenvalue weighted by Crippen LogP contribution is -2.42. The van der Waals surface area contributed by atoms with Crippen LogP contribution in [0.1, 0.15) is 50.5 Å². The van der Waals surface area contributed by atoms with Crippen molar-refractivity contribution in [1.82, 2.24) is 9.80 Å². The molecule has 0 aliphatic carbocycles. The molecule has 2 saturated heterocycles. The Bertz CT molecular complexity index is 614. The molecule has 0 aromatic heterocycles. The molecule has 5 heteroatoms. The lowest BCUT2D eigenvalue weighted by molar-refractivity contribution is -0.135. The summed E-state index contributed by atoms with van der Waals surface area (Å²) in [6.07, 6.45) is 7.39. The molecule has 1 aromatic rings. The highest BCUT2D eigenvalue weighted by Crippen LogP contribution is 2.22. The number of aryl methyl sites for hydroxylation is 1. The van der Waals surface area contributed by atoms with Gasteiger partial charge in [-0.05, 0) is 50.0 Å². The maximum Gasteiger partial charge on any atom is 0.222 e. The third-order valence-electron chi connectivity index (χ3n) is 5.95. The largest absolute Gasteiger partial charge is 0.378 e. The summed E-state index contributed by atoms with van der Waals surface area (Å²) >= 11 is 0. The van der Waals surface area contributed by atoms with Crippen LogP contribution >= 0.6 is 0 Å². The number of morpholine rings is 1. The normalized spacial score (nSPS) is 20.2. The molecule has 2 fully saturated rings. The summed E-state index contributed by atoms with van der Waals surface area (Å²) in [7, 11) is 0.